The molecule has 0 bridgehead atoms. The quantitative estimate of drug-likeness (QED) is 0.0393. The molecule has 131 heavy (non-hydrogen) atoms. The first kappa shape index (κ1) is 103. The van der Waals surface area contributed by atoms with Gasteiger partial charge in [-0.3, -0.25) is 81.5 Å². The molecule has 14 amide bonds. The molecule has 4 aliphatic rings. The zero-order chi connectivity index (χ0) is 95.6. The normalized spacial score (nSPS) is 25.8. The summed E-state index contributed by atoms with van der Waals surface area (Å²) in [7, 11) is 2.80. The second-order valence-corrected chi connectivity index (χ2v) is 35.4. The van der Waals surface area contributed by atoms with Gasteiger partial charge in [0.15, 0.2) is 5.78 Å². The lowest BCUT2D eigenvalue weighted by Gasteiger charge is -2.38. The van der Waals surface area contributed by atoms with Gasteiger partial charge in [-0.05, 0) is 132 Å². The number of aliphatic hydroxyl groups is 1. The van der Waals surface area contributed by atoms with E-state index in [-0.39, 0.29) is 109 Å². The zero-order valence-corrected chi connectivity index (χ0v) is 75.8. The fourth-order valence-electron chi connectivity index (χ4n) is 17.8. The minimum absolute atomic E-state index is 0.00942. The number of piperidine rings is 1. The van der Waals surface area contributed by atoms with Crippen molar-refractivity contribution in [3.8, 4) is 0 Å². The lowest BCUT2D eigenvalue weighted by Crippen LogP contribution is -2.62. The number of Topliss-reactive ketones (excluding diaryl/α,β-unsaturated/α-hetero) is 1. The van der Waals surface area contributed by atoms with Gasteiger partial charge in [0.05, 0.1) is 24.6 Å². The Kier molecular flexibility index (Phi) is 38.0. The number of para-hydroxylation sites is 2. The van der Waals surface area contributed by atoms with Crippen molar-refractivity contribution in [3.05, 3.63) is 107 Å². The van der Waals surface area contributed by atoms with Gasteiger partial charge in [0, 0.05) is 119 Å². The van der Waals surface area contributed by atoms with E-state index in [1.165, 1.54) is 39.6 Å². The van der Waals surface area contributed by atoms with Crippen LogP contribution in [-0.4, -0.2) is 288 Å². The number of nitrogens with zero attached hydrogens (tertiary/aromatic N) is 6. The van der Waals surface area contributed by atoms with E-state index in [9.17, 15) is 58.5 Å². The number of carboxylic acid groups (broad SMARTS) is 2. The van der Waals surface area contributed by atoms with Gasteiger partial charge in [-0.15, -0.1) is 0 Å². The van der Waals surface area contributed by atoms with Crippen molar-refractivity contribution in [2.24, 2.45) is 34.8 Å². The Balaban J connectivity index is 1.09. The van der Waals surface area contributed by atoms with Crippen LogP contribution in [0.2, 0.25) is 0 Å². The second-order valence-electron chi connectivity index (χ2n) is 35.4. The molecule has 3 aromatic carbocycles. The molecule has 39 heteroatoms. The summed E-state index contributed by atoms with van der Waals surface area (Å²) in [6.07, 6.45) is 0.903. The van der Waals surface area contributed by atoms with Crippen LogP contribution in [0, 0.1) is 18.8 Å². The summed E-state index contributed by atoms with van der Waals surface area (Å²) in [5, 5.41) is 54.6. The van der Waals surface area contributed by atoms with E-state index in [4.69, 9.17) is 22.9 Å². The summed E-state index contributed by atoms with van der Waals surface area (Å²) in [6, 6.07) is 2.04. The molecule has 0 saturated carbocycles. The maximum atomic E-state index is 15.9. The van der Waals surface area contributed by atoms with E-state index >= 15 is 38.4 Å². The van der Waals surface area contributed by atoms with E-state index in [1.807, 2.05) is 46.8 Å². The minimum Gasteiger partial charge on any atom is -0.481 e. The van der Waals surface area contributed by atoms with Crippen LogP contribution in [0.5, 0.6) is 0 Å². The summed E-state index contributed by atoms with van der Waals surface area (Å²) in [5.74, 6) is -17.1. The number of ketones is 1. The number of carbonyl (C=O) groups excluding carboxylic acids is 15. The fraction of sp³-hybridized carbons (Fsp3) is 0.576. The third-order valence-electron chi connectivity index (χ3n) is 25.0. The number of likely N-dealkylation sites (N-methyl/N-ethyl adjacent to an activating group) is 2. The first-order chi connectivity index (χ1) is 62.4. The number of H-pyrrole nitrogens is 1. The highest BCUT2D eigenvalue weighted by Crippen LogP contribution is 2.31. The highest BCUT2D eigenvalue weighted by Gasteiger charge is 2.47. The molecule has 2 aromatic heterocycles. The monoisotopic (exact) mass is 1820 g/mol. The van der Waals surface area contributed by atoms with Gasteiger partial charge in [0.25, 0.3) is 0 Å². The van der Waals surface area contributed by atoms with E-state index in [1.54, 1.807) is 66.9 Å². The maximum Gasteiger partial charge on any atom is 0.323 e. The van der Waals surface area contributed by atoms with Gasteiger partial charge >= 0.3 is 11.9 Å². The van der Waals surface area contributed by atoms with Gasteiger partial charge in [0.2, 0.25) is 82.7 Å². The molecule has 39 nitrogen and oxygen atoms in total. The van der Waals surface area contributed by atoms with Gasteiger partial charge in [-0.25, -0.2) is 0 Å². The predicted molar refractivity (Wildman–Crippen MR) is 482 cm³/mol. The lowest BCUT2D eigenvalue weighted by molar-refractivity contribution is -0.149. The zero-order valence-electron chi connectivity index (χ0n) is 75.8. The third-order valence-corrected chi connectivity index (χ3v) is 25.0. The minimum atomic E-state index is -1.79. The number of rotatable bonds is 24. The molecular formula is C92H131N19O20. The number of aryl methyl sites for hydroxylation is 1. The molecule has 714 valence electrons. The van der Waals surface area contributed by atoms with Gasteiger partial charge in [-0.1, -0.05) is 120 Å². The Morgan fingerprint density at radius 3 is 1.75 bits per heavy atom. The van der Waals surface area contributed by atoms with Crippen molar-refractivity contribution < 1.29 is 96.8 Å². The maximum absolute atomic E-state index is 15.9. The van der Waals surface area contributed by atoms with Crippen LogP contribution in [-0.2, 0) is 107 Å². The van der Waals surface area contributed by atoms with Crippen LogP contribution in [0.15, 0.2) is 85.2 Å². The third kappa shape index (κ3) is 27.7. The highest BCUT2D eigenvalue weighted by atomic mass is 16.4. The molecule has 0 spiro atoms. The summed E-state index contributed by atoms with van der Waals surface area (Å²) in [6.45, 7) is 7.22. The number of aliphatic carboxylic acids is 2. The van der Waals surface area contributed by atoms with Gasteiger partial charge in [0.1, 0.15) is 73.0 Å². The Labute approximate surface area is 761 Å². The average Bonchev–Trinajstić information content (AvgIpc) is 1.66. The highest BCUT2D eigenvalue weighted by molar-refractivity contribution is 6.02. The van der Waals surface area contributed by atoms with Crippen LogP contribution in [0.3, 0.4) is 0 Å². The number of carboxylic acids is 2. The molecule has 20 N–H and O–H groups in total. The number of aromatic nitrogens is 2. The topological polar surface area (TPSA) is 588 Å². The summed E-state index contributed by atoms with van der Waals surface area (Å²) in [5.41, 5.74) is 28.3. The number of hydrogen-bond acceptors (Lipinski definition) is 21. The molecule has 0 unspecified atom stereocenters. The van der Waals surface area contributed by atoms with Crippen LogP contribution in [0.4, 0.5) is 0 Å². The van der Waals surface area contributed by atoms with Crippen molar-refractivity contribution in [2.45, 2.75) is 273 Å². The SMILES string of the molecule is CCCC[C@H]1C(=O)N(C)[C@@H](CCCC)C(=O)N[C@@H](CC(C)C)C(=O)NCCC[C@H](N)C(=O)N[C@@H](Cc2ccc(C)cc2)C(=O)N2CCCC[C@H]2C(=O)N[C@@H](CC(N)=O)C(=O)N2CCC[C@H]2C(=O)N[C@@H](CN)C(=O)N[C@@H](CCC(=O)O)C(=O)N2C[C@H](O)C[C@H]2C(=O)C[C@@H](Cc2c[nH]c3ccccc23)C(=O)N[C@@H](CCN)C(=O)N[C@@H](Cc2cn(CC(=O)O)c3ccccc23)C(=O)N1C. The molecule has 4 fully saturated rings. The molecular weight excluding hydrogens is 1690 g/mol. The Hall–Kier alpha value is -12.2. The number of aromatic amines is 1. The van der Waals surface area contributed by atoms with E-state index < -0.39 is 243 Å². The van der Waals surface area contributed by atoms with Crippen LogP contribution >= 0.6 is 0 Å². The van der Waals surface area contributed by atoms with Crippen LogP contribution in [0.25, 0.3) is 21.8 Å². The Morgan fingerprint density at radius 2 is 1.10 bits per heavy atom. The number of primary amides is 1. The second kappa shape index (κ2) is 48.6. The first-order valence-electron chi connectivity index (χ1n) is 45.6. The molecule has 0 radical (unpaired) electrons. The van der Waals surface area contributed by atoms with Gasteiger partial charge < -0.3 is 115 Å². The predicted octanol–water partition coefficient (Wildman–Crippen LogP) is 0.212. The number of unbranched alkanes of at least 4 members (excludes halogenated alkanes) is 2. The number of nitrogens with one attached hydrogen (secondary N) is 9. The van der Waals surface area contributed by atoms with E-state index in [0.717, 1.165) is 15.4 Å². The molecule has 4 aliphatic heterocycles. The van der Waals surface area contributed by atoms with E-state index in [2.05, 4.69) is 47.5 Å². The Morgan fingerprint density at radius 1 is 0.527 bits per heavy atom. The van der Waals surface area contributed by atoms with Crippen molar-refractivity contribution in [1.29, 1.82) is 0 Å². The number of hydrogen-bond donors (Lipinski definition) is 16. The Bertz CT molecular complexity index is 4920. The van der Waals surface area contributed by atoms with Crippen molar-refractivity contribution in [2.75, 3.05) is 53.4 Å². The summed E-state index contributed by atoms with van der Waals surface area (Å²) in [4.78, 5) is 257. The van der Waals surface area contributed by atoms with Crippen molar-refractivity contribution >= 4 is 122 Å². The summed E-state index contributed by atoms with van der Waals surface area (Å²) < 4.78 is 1.46. The van der Waals surface area contributed by atoms with Crippen LogP contribution in [0.1, 0.15) is 178 Å². The largest absolute Gasteiger partial charge is 0.481 e. The lowest BCUT2D eigenvalue weighted by atomic mass is 9.90. The first-order valence-corrected chi connectivity index (χ1v) is 45.6. The van der Waals surface area contributed by atoms with Crippen molar-refractivity contribution in [3.63, 3.8) is 0 Å². The van der Waals surface area contributed by atoms with Crippen molar-refractivity contribution in [1.82, 2.24) is 76.6 Å². The molecule has 5 aromatic rings. The number of carbonyl (C=O) groups is 17. The molecule has 9 rings (SSSR count). The fourth-order valence-corrected chi connectivity index (χ4v) is 17.8. The number of nitrogens with two attached hydrogens (primary N) is 4. The number of benzene rings is 3. The number of aliphatic hydroxyl groups excluding tert-OH is 1. The smallest absolute Gasteiger partial charge is 0.323 e. The number of amides is 14. The van der Waals surface area contributed by atoms with Gasteiger partial charge in [-0.2, -0.15) is 0 Å². The van der Waals surface area contributed by atoms with E-state index in [0.29, 0.717) is 77.0 Å². The summed E-state index contributed by atoms with van der Waals surface area (Å²) >= 11 is 0. The molecule has 15 atom stereocenters. The molecule has 0 aliphatic carbocycles. The standard InChI is InChI=1S/C92H131N19O20/c1-8-10-24-71-85(124)101-65(40-52(3)4)82(121)97-37-18-22-61(95)81(120)102-66(41-54-31-29-53(5)30-32-54)90(129)109-38-17-16-27-72(109)86(125)104-68(46-77(96)114)91(130)110-39-19-28-73(110)87(126)105-69(47-94)84(123)100-64(33-34-78(115)116)89(128)111-50-58(112)45-75(111)76(113)44-55(42-56-48-98-62-23-14-12-20-59(56)62)80(119)99-63(35-36-93)83(122)103-67(88(127)107(7)74(25-11-9-2)92(131)106(71)6)43-57-49-108(51-79(117)118)70-26-15-13-21-60(57)70/h12-15,20-21,23,26,29-32,48-49,52,55,58,61,63-69,71-75,98,112H,8-11,16-19,22,24-25,27-28,33-47,50-51,93-95H2,1-7H3,(H2,96,114)(H,97,121)(H,99,119)(H,100,123)(H,101,124)(H,102,120)(H,103,122)(H,104,125)(H,105,126)(H,115,116)(H,117,118)/t55-,58-,61+,63+,64+,65+,66+,67+,68+,69+,71+,72+,73+,74+,75+/m1/s1. The van der Waals surface area contributed by atoms with Crippen LogP contribution < -0.4 is 65.5 Å². The average molecular weight is 1820 g/mol. The molecule has 4 saturated heterocycles. The number of fused-ring (bicyclic) bond motifs is 5. The molecule has 6 heterocycles.